The monoisotopic (exact) mass is 357 g/mol. The molecule has 1 aromatic carbocycles. The molecule has 1 saturated heterocycles. The first-order valence-electron chi connectivity index (χ1n) is 7.94. The maximum absolute atomic E-state index is 12.1. The Morgan fingerprint density at radius 3 is 2.82 bits per heavy atom. The molecule has 0 radical (unpaired) electrons. The van der Waals surface area contributed by atoms with Gasteiger partial charge < -0.3 is 5.32 Å². The highest BCUT2D eigenvalue weighted by molar-refractivity contribution is 8.00. The summed E-state index contributed by atoms with van der Waals surface area (Å²) in [5, 5.41) is 4.50. The molecule has 1 aromatic rings. The van der Waals surface area contributed by atoms with Crippen LogP contribution in [0, 0.1) is 5.92 Å². The highest BCUT2D eigenvalue weighted by Crippen LogP contribution is 2.49. The van der Waals surface area contributed by atoms with Crippen molar-refractivity contribution in [2.45, 2.75) is 43.3 Å². The zero-order chi connectivity index (χ0) is 15.6. The van der Waals surface area contributed by atoms with Crippen LogP contribution in [0.5, 0.6) is 0 Å². The van der Waals surface area contributed by atoms with E-state index in [2.05, 4.69) is 5.32 Å². The third-order valence-electron chi connectivity index (χ3n) is 4.93. The van der Waals surface area contributed by atoms with Gasteiger partial charge in [0, 0.05) is 33.5 Å². The smallest absolute Gasteiger partial charge is 0.221 e. The van der Waals surface area contributed by atoms with Crippen LogP contribution < -0.4 is 5.32 Å². The molecule has 1 N–H and O–H groups in total. The van der Waals surface area contributed by atoms with Crippen molar-refractivity contribution in [3.05, 3.63) is 33.8 Å². The van der Waals surface area contributed by atoms with Gasteiger partial charge in [-0.1, -0.05) is 42.1 Å². The molecule has 0 bridgehead atoms. The number of carbonyl (C=O) groups excluding carboxylic acids is 1. The molecule has 5 heteroatoms. The van der Waals surface area contributed by atoms with Crippen molar-refractivity contribution < 1.29 is 4.79 Å². The zero-order valence-corrected chi connectivity index (χ0v) is 14.9. The lowest BCUT2D eigenvalue weighted by molar-refractivity contribution is -0.121. The van der Waals surface area contributed by atoms with E-state index in [-0.39, 0.29) is 10.7 Å². The summed E-state index contributed by atoms with van der Waals surface area (Å²) in [5.41, 5.74) is 1.04. The standard InChI is InChI=1S/C17H21Cl2NOS/c18-14-5-3-6-15(19)13(14)10-12-4-1-2-7-17(12)11-16(21)20-8-9-22-17/h3,5-6,12H,1-2,4,7-11H2,(H,20,21). The van der Waals surface area contributed by atoms with E-state index >= 15 is 0 Å². The third-order valence-corrected chi connectivity index (χ3v) is 7.31. The van der Waals surface area contributed by atoms with Crippen LogP contribution in [0.25, 0.3) is 0 Å². The fourth-order valence-electron chi connectivity index (χ4n) is 3.80. The molecule has 2 atom stereocenters. The normalized spacial score (nSPS) is 29.2. The quantitative estimate of drug-likeness (QED) is 0.829. The van der Waals surface area contributed by atoms with Crippen LogP contribution in [-0.4, -0.2) is 23.0 Å². The van der Waals surface area contributed by atoms with E-state index in [1.54, 1.807) is 0 Å². The number of halogens is 2. The molecule has 120 valence electrons. The SMILES string of the molecule is O=C1CC2(CCCCC2Cc2c(Cl)cccc2Cl)SCCN1. The fourth-order valence-corrected chi connectivity index (χ4v) is 5.92. The van der Waals surface area contributed by atoms with Crippen molar-refractivity contribution in [1.29, 1.82) is 0 Å². The maximum atomic E-state index is 12.1. The van der Waals surface area contributed by atoms with Crippen molar-refractivity contribution >= 4 is 40.9 Å². The number of carbonyl (C=O) groups is 1. The van der Waals surface area contributed by atoms with Crippen LogP contribution in [0.15, 0.2) is 18.2 Å². The minimum Gasteiger partial charge on any atom is -0.355 e. The molecule has 1 aliphatic heterocycles. The Labute approximate surface area is 146 Å². The van der Waals surface area contributed by atoms with Crippen molar-refractivity contribution in [1.82, 2.24) is 5.32 Å². The summed E-state index contributed by atoms with van der Waals surface area (Å²) >= 11 is 14.7. The molecule has 1 heterocycles. The van der Waals surface area contributed by atoms with E-state index in [4.69, 9.17) is 23.2 Å². The fraction of sp³-hybridized carbons (Fsp3) is 0.588. The number of benzene rings is 1. The second kappa shape index (κ2) is 7.02. The van der Waals surface area contributed by atoms with Gasteiger partial charge >= 0.3 is 0 Å². The average molecular weight is 358 g/mol. The van der Waals surface area contributed by atoms with Gasteiger partial charge in [-0.2, -0.15) is 11.8 Å². The van der Waals surface area contributed by atoms with Crippen LogP contribution in [0.4, 0.5) is 0 Å². The van der Waals surface area contributed by atoms with Gasteiger partial charge in [0.15, 0.2) is 0 Å². The maximum Gasteiger partial charge on any atom is 0.221 e. The van der Waals surface area contributed by atoms with Crippen LogP contribution in [0.1, 0.15) is 37.7 Å². The lowest BCUT2D eigenvalue weighted by Crippen LogP contribution is -2.41. The van der Waals surface area contributed by atoms with Gasteiger partial charge in [0.1, 0.15) is 0 Å². The topological polar surface area (TPSA) is 29.1 Å². The van der Waals surface area contributed by atoms with Crippen molar-refractivity contribution in [3.63, 3.8) is 0 Å². The van der Waals surface area contributed by atoms with Gasteiger partial charge in [-0.3, -0.25) is 4.79 Å². The minimum absolute atomic E-state index is 0.0569. The third kappa shape index (κ3) is 3.42. The lowest BCUT2D eigenvalue weighted by Gasteiger charge is -2.43. The number of hydrogen-bond acceptors (Lipinski definition) is 2. The summed E-state index contributed by atoms with van der Waals surface area (Å²) in [4.78, 5) is 12.1. The number of nitrogens with one attached hydrogen (secondary N) is 1. The van der Waals surface area contributed by atoms with Gasteiger partial charge in [-0.05, 0) is 42.9 Å². The van der Waals surface area contributed by atoms with Crippen LogP contribution in [0.2, 0.25) is 10.0 Å². The van der Waals surface area contributed by atoms with Crippen molar-refractivity contribution in [2.75, 3.05) is 12.3 Å². The van der Waals surface area contributed by atoms with E-state index in [9.17, 15) is 4.79 Å². The molecule has 1 aliphatic carbocycles. The molecule has 2 unspecified atom stereocenters. The van der Waals surface area contributed by atoms with Crippen molar-refractivity contribution in [2.24, 2.45) is 5.92 Å². The summed E-state index contributed by atoms with van der Waals surface area (Å²) < 4.78 is 0.0569. The van der Waals surface area contributed by atoms with Crippen LogP contribution >= 0.6 is 35.0 Å². The molecule has 3 rings (SSSR count). The van der Waals surface area contributed by atoms with E-state index in [0.29, 0.717) is 12.3 Å². The largest absolute Gasteiger partial charge is 0.355 e. The number of hydrogen-bond donors (Lipinski definition) is 1. The Bertz CT molecular complexity index is 545. The average Bonchev–Trinajstić information content (AvgIpc) is 2.67. The van der Waals surface area contributed by atoms with Gasteiger partial charge in [-0.25, -0.2) is 0 Å². The highest BCUT2D eigenvalue weighted by Gasteiger charge is 2.43. The summed E-state index contributed by atoms with van der Waals surface area (Å²) in [6, 6.07) is 5.70. The first-order valence-corrected chi connectivity index (χ1v) is 9.68. The molecule has 2 nitrogen and oxygen atoms in total. The van der Waals surface area contributed by atoms with Gasteiger partial charge in [0.05, 0.1) is 0 Å². The lowest BCUT2D eigenvalue weighted by atomic mass is 9.73. The first-order chi connectivity index (χ1) is 10.6. The molecule has 1 amide bonds. The van der Waals surface area contributed by atoms with Gasteiger partial charge in [-0.15, -0.1) is 0 Å². The van der Waals surface area contributed by atoms with E-state index in [1.807, 2.05) is 30.0 Å². The summed E-state index contributed by atoms with van der Waals surface area (Å²) in [5.74, 6) is 1.66. The molecule has 0 aromatic heterocycles. The van der Waals surface area contributed by atoms with Gasteiger partial charge in [0.2, 0.25) is 5.91 Å². The van der Waals surface area contributed by atoms with E-state index in [0.717, 1.165) is 47.2 Å². The van der Waals surface area contributed by atoms with Crippen molar-refractivity contribution in [3.8, 4) is 0 Å². The summed E-state index contributed by atoms with van der Waals surface area (Å²) in [6.07, 6.45) is 6.23. The number of rotatable bonds is 2. The molecule has 1 spiro atoms. The predicted molar refractivity (Wildman–Crippen MR) is 94.9 cm³/mol. The number of amides is 1. The molecular formula is C17H21Cl2NOS. The second-order valence-electron chi connectivity index (χ2n) is 6.29. The second-order valence-corrected chi connectivity index (χ2v) is 8.61. The van der Waals surface area contributed by atoms with Crippen LogP contribution in [-0.2, 0) is 11.2 Å². The molecule has 1 saturated carbocycles. The summed E-state index contributed by atoms with van der Waals surface area (Å²) in [7, 11) is 0. The first kappa shape index (κ1) is 16.5. The Hall–Kier alpha value is -0.380. The van der Waals surface area contributed by atoms with E-state index in [1.165, 1.54) is 12.8 Å². The Balaban J connectivity index is 1.88. The molecular weight excluding hydrogens is 337 g/mol. The Kier molecular flexibility index (Phi) is 5.26. The molecule has 2 fully saturated rings. The predicted octanol–water partition coefficient (Wildman–Crippen LogP) is 4.72. The molecule has 2 aliphatic rings. The zero-order valence-electron chi connectivity index (χ0n) is 12.5. The number of thioether (sulfide) groups is 1. The van der Waals surface area contributed by atoms with Gasteiger partial charge in [0.25, 0.3) is 0 Å². The Morgan fingerprint density at radius 2 is 2.05 bits per heavy atom. The summed E-state index contributed by atoms with van der Waals surface area (Å²) in [6.45, 7) is 0.783. The minimum atomic E-state index is 0.0569. The molecule has 22 heavy (non-hydrogen) atoms. The highest BCUT2D eigenvalue weighted by atomic mass is 35.5. The Morgan fingerprint density at radius 1 is 1.27 bits per heavy atom. The van der Waals surface area contributed by atoms with Crippen LogP contribution in [0.3, 0.4) is 0 Å². The van der Waals surface area contributed by atoms with E-state index < -0.39 is 0 Å².